The first-order valence-corrected chi connectivity index (χ1v) is 6.36. The lowest BCUT2D eigenvalue weighted by Gasteiger charge is -2.30. The van der Waals surface area contributed by atoms with Crippen LogP contribution in [0.1, 0.15) is 24.8 Å². The third-order valence-corrected chi connectivity index (χ3v) is 3.20. The van der Waals surface area contributed by atoms with Gasteiger partial charge in [0.25, 0.3) is 5.69 Å². The van der Waals surface area contributed by atoms with Crippen molar-refractivity contribution in [2.75, 3.05) is 6.54 Å². The summed E-state index contributed by atoms with van der Waals surface area (Å²) in [6, 6.07) is 5.46. The summed E-state index contributed by atoms with van der Waals surface area (Å²) < 4.78 is 0. The maximum absolute atomic E-state index is 11.1. The molecular formula is C13H15N3O4. The van der Waals surface area contributed by atoms with E-state index in [2.05, 4.69) is 5.10 Å². The fraction of sp³-hybridized carbons (Fsp3) is 0.385. The van der Waals surface area contributed by atoms with Crippen LogP contribution in [0.25, 0.3) is 0 Å². The van der Waals surface area contributed by atoms with Gasteiger partial charge in [-0.05, 0) is 19.3 Å². The maximum atomic E-state index is 11.1. The number of benzene rings is 1. The van der Waals surface area contributed by atoms with E-state index >= 15 is 0 Å². The summed E-state index contributed by atoms with van der Waals surface area (Å²) in [5, 5.41) is 25.5. The van der Waals surface area contributed by atoms with Gasteiger partial charge in [-0.3, -0.25) is 15.1 Å². The Labute approximate surface area is 115 Å². The Balaban J connectivity index is 2.13. The van der Waals surface area contributed by atoms with Crippen molar-refractivity contribution in [2.24, 2.45) is 5.10 Å². The zero-order chi connectivity index (χ0) is 14.5. The highest BCUT2D eigenvalue weighted by atomic mass is 16.6. The number of nitro groups is 1. The third-order valence-electron chi connectivity index (χ3n) is 3.20. The molecule has 1 aromatic rings. The standard InChI is InChI=1S/C13H15N3O4/c17-13(18)12-6-1-2-7-15(12)14-9-10-4-3-5-11(8-10)16(19)20/h3-5,8-9,12H,1-2,6-7H2,(H,17,18)/b14-9+/t12-/m1/s1. The number of non-ortho nitro benzene ring substituents is 1. The molecule has 0 saturated carbocycles. The van der Waals surface area contributed by atoms with Crippen molar-refractivity contribution < 1.29 is 14.8 Å². The topological polar surface area (TPSA) is 96.0 Å². The number of hydrogen-bond acceptors (Lipinski definition) is 5. The molecule has 1 N–H and O–H groups in total. The first kappa shape index (κ1) is 14.0. The highest BCUT2D eigenvalue weighted by Crippen LogP contribution is 2.18. The van der Waals surface area contributed by atoms with Crippen LogP contribution in [0.2, 0.25) is 0 Å². The molecule has 0 radical (unpaired) electrons. The molecule has 1 atom stereocenters. The predicted octanol–water partition coefficient (Wildman–Crippen LogP) is 1.87. The summed E-state index contributed by atoms with van der Waals surface area (Å²) in [5.41, 5.74) is 0.566. The Bertz CT molecular complexity index is 544. The van der Waals surface area contributed by atoms with E-state index in [9.17, 15) is 14.9 Å². The van der Waals surface area contributed by atoms with Gasteiger partial charge in [0.05, 0.1) is 11.1 Å². The average molecular weight is 277 g/mol. The Morgan fingerprint density at radius 1 is 1.50 bits per heavy atom. The van der Waals surface area contributed by atoms with Crippen molar-refractivity contribution in [3.8, 4) is 0 Å². The van der Waals surface area contributed by atoms with E-state index in [4.69, 9.17) is 5.11 Å². The lowest BCUT2D eigenvalue weighted by Crippen LogP contribution is -2.41. The number of carboxylic acids is 1. The van der Waals surface area contributed by atoms with Crippen molar-refractivity contribution in [1.29, 1.82) is 0 Å². The number of carbonyl (C=O) groups is 1. The Morgan fingerprint density at radius 3 is 3.00 bits per heavy atom. The van der Waals surface area contributed by atoms with Gasteiger partial charge in [0.1, 0.15) is 6.04 Å². The van der Waals surface area contributed by atoms with Crippen LogP contribution < -0.4 is 0 Å². The van der Waals surface area contributed by atoms with E-state index in [1.807, 2.05) is 0 Å². The summed E-state index contributed by atoms with van der Waals surface area (Å²) in [6.45, 7) is 0.586. The van der Waals surface area contributed by atoms with Crippen LogP contribution in [0.3, 0.4) is 0 Å². The zero-order valence-corrected chi connectivity index (χ0v) is 10.8. The molecule has 2 rings (SSSR count). The van der Waals surface area contributed by atoms with Crippen molar-refractivity contribution in [2.45, 2.75) is 25.3 Å². The molecule has 106 valence electrons. The van der Waals surface area contributed by atoms with E-state index in [-0.39, 0.29) is 5.69 Å². The second-order valence-electron chi connectivity index (χ2n) is 4.61. The van der Waals surface area contributed by atoms with Crippen LogP contribution >= 0.6 is 0 Å². The monoisotopic (exact) mass is 277 g/mol. The fourth-order valence-corrected chi connectivity index (χ4v) is 2.17. The summed E-state index contributed by atoms with van der Waals surface area (Å²) >= 11 is 0. The molecule has 0 aliphatic carbocycles. The Morgan fingerprint density at radius 2 is 2.30 bits per heavy atom. The highest BCUT2D eigenvalue weighted by Gasteiger charge is 2.27. The van der Waals surface area contributed by atoms with Gasteiger partial charge < -0.3 is 5.11 Å². The lowest BCUT2D eigenvalue weighted by atomic mass is 10.0. The van der Waals surface area contributed by atoms with Gasteiger partial charge in [-0.15, -0.1) is 0 Å². The molecule has 7 nitrogen and oxygen atoms in total. The molecule has 0 spiro atoms. The van der Waals surface area contributed by atoms with E-state index in [1.165, 1.54) is 23.4 Å². The largest absolute Gasteiger partial charge is 0.480 e. The highest BCUT2D eigenvalue weighted by molar-refractivity contribution is 5.81. The number of aliphatic carboxylic acids is 1. The summed E-state index contributed by atoms with van der Waals surface area (Å²) in [6.07, 6.45) is 3.81. The van der Waals surface area contributed by atoms with E-state index in [1.54, 1.807) is 12.1 Å². The number of rotatable bonds is 4. The first-order valence-electron chi connectivity index (χ1n) is 6.36. The third kappa shape index (κ3) is 3.31. The molecule has 20 heavy (non-hydrogen) atoms. The quantitative estimate of drug-likeness (QED) is 0.515. The van der Waals surface area contributed by atoms with Gasteiger partial charge in [-0.1, -0.05) is 12.1 Å². The minimum absolute atomic E-state index is 0.0117. The van der Waals surface area contributed by atoms with Crippen molar-refractivity contribution in [3.63, 3.8) is 0 Å². The van der Waals surface area contributed by atoms with Crippen LogP contribution in [-0.4, -0.2) is 39.8 Å². The predicted molar refractivity (Wildman–Crippen MR) is 72.7 cm³/mol. The summed E-state index contributed by atoms with van der Waals surface area (Å²) in [5.74, 6) is -0.888. The second-order valence-corrected chi connectivity index (χ2v) is 4.61. The van der Waals surface area contributed by atoms with E-state index in [0.717, 1.165) is 12.8 Å². The molecule has 1 aromatic carbocycles. The van der Waals surface area contributed by atoms with E-state index in [0.29, 0.717) is 18.5 Å². The minimum atomic E-state index is -0.888. The fourth-order valence-electron chi connectivity index (χ4n) is 2.17. The number of hydrazone groups is 1. The average Bonchev–Trinajstić information content (AvgIpc) is 2.45. The van der Waals surface area contributed by atoms with Gasteiger partial charge in [0, 0.05) is 24.2 Å². The molecule has 1 aliphatic heterocycles. The molecule has 1 saturated heterocycles. The number of hydrogen-bond donors (Lipinski definition) is 1. The molecular weight excluding hydrogens is 262 g/mol. The van der Waals surface area contributed by atoms with Gasteiger partial charge in [-0.25, -0.2) is 4.79 Å². The van der Waals surface area contributed by atoms with E-state index < -0.39 is 16.9 Å². The molecule has 7 heteroatoms. The smallest absolute Gasteiger partial charge is 0.328 e. The molecule has 0 aromatic heterocycles. The summed E-state index contributed by atoms with van der Waals surface area (Å²) in [4.78, 5) is 21.3. The van der Waals surface area contributed by atoms with Gasteiger partial charge in [0.2, 0.25) is 0 Å². The van der Waals surface area contributed by atoms with Crippen molar-refractivity contribution in [1.82, 2.24) is 5.01 Å². The maximum Gasteiger partial charge on any atom is 0.328 e. The van der Waals surface area contributed by atoms with Gasteiger partial charge >= 0.3 is 5.97 Å². The van der Waals surface area contributed by atoms with Crippen LogP contribution in [0, 0.1) is 10.1 Å². The zero-order valence-electron chi connectivity index (χ0n) is 10.8. The van der Waals surface area contributed by atoms with Crippen molar-refractivity contribution in [3.05, 3.63) is 39.9 Å². The Kier molecular flexibility index (Phi) is 4.29. The van der Waals surface area contributed by atoms with Gasteiger partial charge in [0.15, 0.2) is 0 Å². The molecule has 1 fully saturated rings. The normalized spacial score (nSPS) is 19.2. The van der Waals surface area contributed by atoms with Crippen molar-refractivity contribution >= 4 is 17.9 Å². The molecule has 1 aliphatic rings. The number of carboxylic acid groups (broad SMARTS) is 1. The minimum Gasteiger partial charge on any atom is -0.480 e. The number of nitro benzene ring substituents is 1. The SMILES string of the molecule is O=C(O)[C@H]1CCCCN1/N=C/c1cccc([N+](=O)[O-])c1. The van der Waals surface area contributed by atoms with Crippen LogP contribution in [0.15, 0.2) is 29.4 Å². The number of nitrogens with zero attached hydrogens (tertiary/aromatic N) is 3. The first-order chi connectivity index (χ1) is 9.58. The van der Waals surface area contributed by atoms with Crippen LogP contribution in [0.4, 0.5) is 5.69 Å². The summed E-state index contributed by atoms with van der Waals surface area (Å²) in [7, 11) is 0. The van der Waals surface area contributed by atoms with Gasteiger partial charge in [-0.2, -0.15) is 5.10 Å². The lowest BCUT2D eigenvalue weighted by molar-refractivity contribution is -0.384. The number of piperidine rings is 1. The Hall–Kier alpha value is -2.44. The molecule has 0 unspecified atom stereocenters. The van der Waals surface area contributed by atoms with Crippen LogP contribution in [0.5, 0.6) is 0 Å². The molecule has 1 heterocycles. The van der Waals surface area contributed by atoms with Crippen LogP contribution in [-0.2, 0) is 4.79 Å². The molecule has 0 amide bonds. The molecule has 0 bridgehead atoms. The second kappa shape index (κ2) is 6.14.